The average Bonchev–Trinajstić information content (AvgIpc) is 2.15. The zero-order chi connectivity index (χ0) is 8.81. The Labute approximate surface area is 76.7 Å². The van der Waals surface area contributed by atoms with Gasteiger partial charge in [0.2, 0.25) is 0 Å². The van der Waals surface area contributed by atoms with Gasteiger partial charge in [-0.2, -0.15) is 17.9 Å². The van der Waals surface area contributed by atoms with Crippen molar-refractivity contribution in [1.82, 2.24) is 4.98 Å². The molecule has 0 N–H and O–H groups in total. The smallest absolute Gasteiger partial charge is 0.141 e. The van der Waals surface area contributed by atoms with Gasteiger partial charge in [-0.1, -0.05) is 11.8 Å². The second kappa shape index (κ2) is 4.43. The average molecular weight is 174 g/mol. The molecule has 12 heavy (non-hydrogen) atoms. The number of aromatic nitrogens is 1. The highest BCUT2D eigenvalue weighted by Gasteiger charge is 1.90. The third kappa shape index (κ3) is 2.30. The van der Waals surface area contributed by atoms with Crippen LogP contribution in [0.1, 0.15) is 11.3 Å². The molecule has 0 fully saturated rings. The number of pyridine rings is 1. The molecule has 0 aliphatic carbocycles. The van der Waals surface area contributed by atoms with E-state index in [0.29, 0.717) is 11.4 Å². The summed E-state index contributed by atoms with van der Waals surface area (Å²) in [6.45, 7) is 0. The number of hydrogen-bond donors (Lipinski definition) is 1. The van der Waals surface area contributed by atoms with E-state index in [4.69, 9.17) is 5.26 Å². The molecule has 0 amide bonds. The van der Waals surface area contributed by atoms with E-state index in [1.54, 1.807) is 18.3 Å². The Balaban J connectivity index is 2.96. The van der Waals surface area contributed by atoms with Crippen LogP contribution in [-0.4, -0.2) is 10.7 Å². The molecule has 1 aromatic rings. The molecule has 0 aliphatic rings. The number of nitriles is 1. The summed E-state index contributed by atoms with van der Waals surface area (Å²) >= 11 is 3.95. The second-order valence-electron chi connectivity index (χ2n) is 2.00. The normalized spacial score (nSPS) is 8.00. The van der Waals surface area contributed by atoms with E-state index >= 15 is 0 Å². The van der Waals surface area contributed by atoms with Crippen LogP contribution in [0.5, 0.6) is 0 Å². The SMILES string of the molecule is N#Cc1cc(C#CCS)ccn1. The van der Waals surface area contributed by atoms with Gasteiger partial charge in [0.05, 0.1) is 5.75 Å². The van der Waals surface area contributed by atoms with Gasteiger partial charge in [-0.05, 0) is 12.1 Å². The van der Waals surface area contributed by atoms with Crippen LogP contribution in [-0.2, 0) is 0 Å². The maximum Gasteiger partial charge on any atom is 0.141 e. The number of thiol groups is 1. The topological polar surface area (TPSA) is 36.7 Å². The highest BCUT2D eigenvalue weighted by Crippen LogP contribution is 1.97. The number of nitrogens with zero attached hydrogens (tertiary/aromatic N) is 2. The fourth-order valence-electron chi connectivity index (χ4n) is 0.711. The quantitative estimate of drug-likeness (QED) is 0.474. The summed E-state index contributed by atoms with van der Waals surface area (Å²) in [5, 5.41) is 8.51. The van der Waals surface area contributed by atoms with Crippen molar-refractivity contribution in [2.45, 2.75) is 0 Å². The Morgan fingerprint density at radius 1 is 1.58 bits per heavy atom. The van der Waals surface area contributed by atoms with Gasteiger partial charge >= 0.3 is 0 Å². The summed E-state index contributed by atoms with van der Waals surface area (Å²) in [7, 11) is 0. The predicted molar refractivity (Wildman–Crippen MR) is 49.7 cm³/mol. The molecule has 2 nitrogen and oxygen atoms in total. The maximum atomic E-state index is 8.51. The molecule has 0 bridgehead atoms. The lowest BCUT2D eigenvalue weighted by Crippen LogP contribution is -1.82. The van der Waals surface area contributed by atoms with Crippen molar-refractivity contribution >= 4 is 12.6 Å². The first-order valence-electron chi connectivity index (χ1n) is 3.32. The molecule has 0 unspecified atom stereocenters. The minimum atomic E-state index is 0.390. The number of rotatable bonds is 0. The Hall–Kier alpha value is -1.45. The first kappa shape index (κ1) is 8.64. The summed E-state index contributed by atoms with van der Waals surface area (Å²) in [6.07, 6.45) is 1.57. The van der Waals surface area contributed by atoms with E-state index in [2.05, 4.69) is 29.5 Å². The summed E-state index contributed by atoms with van der Waals surface area (Å²) in [5.74, 6) is 6.16. The van der Waals surface area contributed by atoms with Crippen LogP contribution in [0.25, 0.3) is 0 Å². The van der Waals surface area contributed by atoms with Gasteiger partial charge < -0.3 is 0 Å². The van der Waals surface area contributed by atoms with Crippen molar-refractivity contribution in [1.29, 1.82) is 5.26 Å². The van der Waals surface area contributed by atoms with Crippen LogP contribution in [0.2, 0.25) is 0 Å². The molecule has 0 atom stereocenters. The minimum Gasteiger partial charge on any atom is -0.245 e. The van der Waals surface area contributed by atoms with E-state index in [1.807, 2.05) is 6.07 Å². The fourth-order valence-corrected chi connectivity index (χ4v) is 0.790. The minimum absolute atomic E-state index is 0.390. The third-order valence-corrected chi connectivity index (χ3v) is 1.34. The van der Waals surface area contributed by atoms with Crippen LogP contribution < -0.4 is 0 Å². The van der Waals surface area contributed by atoms with Crippen molar-refractivity contribution in [3.8, 4) is 17.9 Å². The zero-order valence-electron chi connectivity index (χ0n) is 6.28. The monoisotopic (exact) mass is 174 g/mol. The highest BCUT2D eigenvalue weighted by molar-refractivity contribution is 7.80. The molecule has 1 aromatic heterocycles. The van der Waals surface area contributed by atoms with Crippen molar-refractivity contribution < 1.29 is 0 Å². The van der Waals surface area contributed by atoms with Crippen LogP contribution in [0, 0.1) is 23.2 Å². The molecular formula is C9H6N2S. The van der Waals surface area contributed by atoms with Gasteiger partial charge in [0.15, 0.2) is 0 Å². The van der Waals surface area contributed by atoms with Gasteiger partial charge in [-0.15, -0.1) is 0 Å². The van der Waals surface area contributed by atoms with Gasteiger partial charge in [-0.3, -0.25) is 0 Å². The third-order valence-electron chi connectivity index (χ3n) is 1.19. The lowest BCUT2D eigenvalue weighted by molar-refractivity contribution is 1.26. The summed E-state index contributed by atoms with van der Waals surface area (Å²) in [4.78, 5) is 3.82. The first-order chi connectivity index (χ1) is 5.86. The van der Waals surface area contributed by atoms with E-state index in [-0.39, 0.29) is 0 Å². The van der Waals surface area contributed by atoms with E-state index in [1.165, 1.54) is 0 Å². The van der Waals surface area contributed by atoms with Crippen molar-refractivity contribution in [3.63, 3.8) is 0 Å². The first-order valence-corrected chi connectivity index (χ1v) is 3.96. The molecule has 1 heterocycles. The molecule has 0 spiro atoms. The van der Waals surface area contributed by atoms with Gasteiger partial charge in [0, 0.05) is 11.8 Å². The van der Waals surface area contributed by atoms with Crippen LogP contribution >= 0.6 is 12.6 Å². The van der Waals surface area contributed by atoms with Crippen LogP contribution in [0.15, 0.2) is 18.3 Å². The van der Waals surface area contributed by atoms with E-state index in [0.717, 1.165) is 5.56 Å². The summed E-state index contributed by atoms with van der Waals surface area (Å²) in [5.41, 5.74) is 1.19. The van der Waals surface area contributed by atoms with Crippen LogP contribution in [0.4, 0.5) is 0 Å². The lowest BCUT2D eigenvalue weighted by Gasteiger charge is -1.88. The Kier molecular flexibility index (Phi) is 3.19. The molecule has 3 heteroatoms. The van der Waals surface area contributed by atoms with Crippen molar-refractivity contribution in [2.75, 3.05) is 5.75 Å². The maximum absolute atomic E-state index is 8.51. The Bertz CT molecular complexity index is 368. The largest absolute Gasteiger partial charge is 0.245 e. The van der Waals surface area contributed by atoms with Gasteiger partial charge in [-0.25, -0.2) is 4.98 Å². The van der Waals surface area contributed by atoms with Gasteiger partial charge in [0.1, 0.15) is 11.8 Å². The van der Waals surface area contributed by atoms with Gasteiger partial charge in [0.25, 0.3) is 0 Å². The fraction of sp³-hybridized carbons (Fsp3) is 0.111. The molecular weight excluding hydrogens is 168 g/mol. The van der Waals surface area contributed by atoms with E-state index < -0.39 is 0 Å². The highest BCUT2D eigenvalue weighted by atomic mass is 32.1. The molecule has 58 valence electrons. The standard InChI is InChI=1S/C9H6N2S/c10-7-9-6-8(2-1-5-12)3-4-11-9/h3-4,6,12H,5H2. The van der Waals surface area contributed by atoms with Crippen molar-refractivity contribution in [2.24, 2.45) is 0 Å². The molecule has 0 aliphatic heterocycles. The zero-order valence-corrected chi connectivity index (χ0v) is 7.18. The Morgan fingerprint density at radius 2 is 2.42 bits per heavy atom. The molecule has 0 saturated carbocycles. The van der Waals surface area contributed by atoms with E-state index in [9.17, 15) is 0 Å². The lowest BCUT2D eigenvalue weighted by atomic mass is 10.2. The molecule has 0 radical (unpaired) electrons. The molecule has 0 aromatic carbocycles. The second-order valence-corrected chi connectivity index (χ2v) is 2.32. The number of hydrogen-bond acceptors (Lipinski definition) is 3. The molecule has 1 rings (SSSR count). The Morgan fingerprint density at radius 3 is 3.08 bits per heavy atom. The summed E-state index contributed by atoms with van der Waals surface area (Å²) in [6, 6.07) is 5.36. The predicted octanol–water partition coefficient (Wildman–Crippen LogP) is 1.23. The molecule has 0 saturated heterocycles. The van der Waals surface area contributed by atoms with Crippen LogP contribution in [0.3, 0.4) is 0 Å². The summed E-state index contributed by atoms with van der Waals surface area (Å²) < 4.78 is 0. The van der Waals surface area contributed by atoms with Crippen molar-refractivity contribution in [3.05, 3.63) is 29.6 Å².